The number of hydrogen-bond donors (Lipinski definition) is 2. The lowest BCUT2D eigenvalue weighted by Crippen LogP contribution is -2.38. The molecule has 246 valence electrons. The molecular formula is C39H41N5O4. The van der Waals surface area contributed by atoms with Gasteiger partial charge in [-0.05, 0) is 98.4 Å². The van der Waals surface area contributed by atoms with E-state index in [0.717, 1.165) is 41.0 Å². The number of aryl methyl sites for hydroxylation is 2. The SMILES string of the molecule is Cc1cccc(C)c1OC(=O)N(c1ccc(-c2ccccc2)cc1)c1ccnc(Nc2ccc(OCC(O)CN3CCCCC3)cc2)n1. The molecule has 1 saturated heterocycles. The maximum atomic E-state index is 13.9. The second-order valence-corrected chi connectivity index (χ2v) is 12.1. The summed E-state index contributed by atoms with van der Waals surface area (Å²) in [5.74, 6) is 1.83. The van der Waals surface area contributed by atoms with Crippen LogP contribution in [0.4, 0.5) is 27.9 Å². The first-order valence-electron chi connectivity index (χ1n) is 16.4. The number of aromatic nitrogens is 2. The van der Waals surface area contributed by atoms with Gasteiger partial charge in [-0.2, -0.15) is 4.98 Å². The minimum absolute atomic E-state index is 0.231. The number of para-hydroxylation sites is 1. The number of ether oxygens (including phenoxy) is 2. The van der Waals surface area contributed by atoms with E-state index >= 15 is 0 Å². The van der Waals surface area contributed by atoms with Gasteiger partial charge in [0.25, 0.3) is 0 Å². The number of aliphatic hydroxyl groups is 1. The van der Waals surface area contributed by atoms with Crippen LogP contribution in [0.3, 0.4) is 0 Å². The maximum absolute atomic E-state index is 13.9. The van der Waals surface area contributed by atoms with E-state index in [0.29, 0.717) is 35.5 Å². The smallest absolute Gasteiger partial charge is 0.425 e. The number of carbonyl (C=O) groups excluding carboxylic acids is 1. The van der Waals surface area contributed by atoms with E-state index in [-0.39, 0.29) is 6.61 Å². The predicted molar refractivity (Wildman–Crippen MR) is 190 cm³/mol. The van der Waals surface area contributed by atoms with Gasteiger partial charge in [-0.15, -0.1) is 0 Å². The van der Waals surface area contributed by atoms with Crippen molar-refractivity contribution in [3.63, 3.8) is 0 Å². The first-order chi connectivity index (χ1) is 23.4. The summed E-state index contributed by atoms with van der Waals surface area (Å²) in [6.07, 6.45) is 4.10. The molecule has 1 aliphatic rings. The lowest BCUT2D eigenvalue weighted by Gasteiger charge is -2.28. The van der Waals surface area contributed by atoms with Crippen molar-refractivity contribution in [3.05, 3.63) is 120 Å². The molecule has 2 N–H and O–H groups in total. The normalized spacial score (nSPS) is 13.8. The van der Waals surface area contributed by atoms with Crippen molar-refractivity contribution in [2.45, 2.75) is 39.2 Å². The summed E-state index contributed by atoms with van der Waals surface area (Å²) in [5.41, 5.74) is 5.15. The zero-order chi connectivity index (χ0) is 33.3. The average Bonchev–Trinajstić information content (AvgIpc) is 3.11. The first kappa shape index (κ1) is 32.7. The third-order valence-electron chi connectivity index (χ3n) is 8.35. The number of aliphatic hydroxyl groups excluding tert-OH is 1. The number of benzene rings is 4. The van der Waals surface area contributed by atoms with Crippen molar-refractivity contribution < 1.29 is 19.4 Å². The maximum Gasteiger partial charge on any atom is 0.425 e. The van der Waals surface area contributed by atoms with Crippen LogP contribution in [0.25, 0.3) is 11.1 Å². The summed E-state index contributed by atoms with van der Waals surface area (Å²) in [5, 5.41) is 13.7. The van der Waals surface area contributed by atoms with Crippen molar-refractivity contribution in [2.75, 3.05) is 36.5 Å². The Kier molecular flexibility index (Phi) is 10.6. The van der Waals surface area contributed by atoms with Gasteiger partial charge in [-0.1, -0.05) is 67.1 Å². The van der Waals surface area contributed by atoms with Gasteiger partial charge >= 0.3 is 6.09 Å². The molecule has 1 atom stereocenters. The van der Waals surface area contributed by atoms with Gasteiger partial charge in [0, 0.05) is 24.5 Å². The van der Waals surface area contributed by atoms with E-state index < -0.39 is 12.2 Å². The Morgan fingerprint density at radius 3 is 2.25 bits per heavy atom. The third kappa shape index (κ3) is 8.36. The van der Waals surface area contributed by atoms with E-state index in [2.05, 4.69) is 15.2 Å². The molecule has 1 aromatic heterocycles. The van der Waals surface area contributed by atoms with Gasteiger partial charge in [0.1, 0.15) is 30.0 Å². The van der Waals surface area contributed by atoms with E-state index in [1.807, 2.05) is 111 Å². The average molecular weight is 644 g/mol. The molecule has 1 fully saturated rings. The number of piperidine rings is 1. The monoisotopic (exact) mass is 643 g/mol. The summed E-state index contributed by atoms with van der Waals surface area (Å²) < 4.78 is 11.8. The van der Waals surface area contributed by atoms with Crippen LogP contribution in [-0.2, 0) is 0 Å². The zero-order valence-electron chi connectivity index (χ0n) is 27.4. The van der Waals surface area contributed by atoms with Crippen LogP contribution in [0.5, 0.6) is 11.5 Å². The van der Waals surface area contributed by atoms with Crippen molar-refractivity contribution in [3.8, 4) is 22.6 Å². The van der Waals surface area contributed by atoms with E-state index in [4.69, 9.17) is 14.5 Å². The number of amides is 1. The van der Waals surface area contributed by atoms with Crippen LogP contribution in [0.2, 0.25) is 0 Å². The van der Waals surface area contributed by atoms with Gasteiger partial charge in [-0.25, -0.2) is 14.7 Å². The fourth-order valence-electron chi connectivity index (χ4n) is 5.84. The summed E-state index contributed by atoms with van der Waals surface area (Å²) in [7, 11) is 0. The molecule has 4 aromatic carbocycles. The number of carbonyl (C=O) groups is 1. The van der Waals surface area contributed by atoms with Gasteiger partial charge in [0.05, 0.1) is 5.69 Å². The summed E-state index contributed by atoms with van der Waals surface area (Å²) in [6, 6.07) is 32.6. The van der Waals surface area contributed by atoms with E-state index in [9.17, 15) is 9.90 Å². The highest BCUT2D eigenvalue weighted by Gasteiger charge is 2.24. The second kappa shape index (κ2) is 15.6. The number of likely N-dealkylation sites (tertiary alicyclic amines) is 1. The number of nitrogens with zero attached hydrogens (tertiary/aromatic N) is 4. The van der Waals surface area contributed by atoms with Gasteiger partial charge in [-0.3, -0.25) is 0 Å². The highest BCUT2D eigenvalue weighted by atomic mass is 16.6. The topological polar surface area (TPSA) is 100 Å². The molecule has 9 nitrogen and oxygen atoms in total. The Hall–Kier alpha value is -5.25. The molecule has 9 heteroatoms. The number of anilines is 4. The minimum atomic E-state index is -0.589. The second-order valence-electron chi connectivity index (χ2n) is 12.1. The zero-order valence-corrected chi connectivity index (χ0v) is 27.4. The molecule has 0 spiro atoms. The molecule has 6 rings (SSSR count). The van der Waals surface area contributed by atoms with Crippen LogP contribution in [-0.4, -0.2) is 58.4 Å². The number of hydrogen-bond acceptors (Lipinski definition) is 8. The third-order valence-corrected chi connectivity index (χ3v) is 8.35. The largest absolute Gasteiger partial charge is 0.491 e. The molecule has 0 aliphatic carbocycles. The van der Waals surface area contributed by atoms with Crippen LogP contribution >= 0.6 is 0 Å². The lowest BCUT2D eigenvalue weighted by atomic mass is 10.1. The fourth-order valence-corrected chi connectivity index (χ4v) is 5.84. The Balaban J connectivity index is 1.18. The summed E-state index contributed by atoms with van der Waals surface area (Å²) in [6.45, 7) is 6.75. The minimum Gasteiger partial charge on any atom is -0.491 e. The lowest BCUT2D eigenvalue weighted by molar-refractivity contribution is 0.0617. The van der Waals surface area contributed by atoms with Crippen LogP contribution in [0.15, 0.2) is 109 Å². The molecular weight excluding hydrogens is 602 g/mol. The quantitative estimate of drug-likeness (QED) is 0.149. The molecule has 1 aliphatic heterocycles. The molecule has 5 aromatic rings. The Morgan fingerprint density at radius 1 is 0.854 bits per heavy atom. The van der Waals surface area contributed by atoms with E-state index in [1.165, 1.54) is 24.2 Å². The first-order valence-corrected chi connectivity index (χ1v) is 16.4. The standard InChI is InChI=1S/C39H41N5O4/c1-28-10-9-11-29(2)37(28)48-39(46)44(33-18-14-31(15-19-33)30-12-5-3-6-13-30)36-22-23-40-38(42-36)41-32-16-20-35(21-17-32)47-27-34(45)26-43-24-7-4-8-25-43/h3,5-6,9-23,34,45H,4,7-8,24-27H2,1-2H3,(H,40,41,42). The van der Waals surface area contributed by atoms with Crippen LogP contribution < -0.4 is 19.7 Å². The Morgan fingerprint density at radius 2 is 1.54 bits per heavy atom. The number of rotatable bonds is 11. The van der Waals surface area contributed by atoms with E-state index in [1.54, 1.807) is 12.3 Å². The number of nitrogens with one attached hydrogen (secondary N) is 1. The summed E-state index contributed by atoms with van der Waals surface area (Å²) in [4.78, 5) is 26.7. The van der Waals surface area contributed by atoms with Crippen molar-refractivity contribution in [2.24, 2.45) is 0 Å². The Bertz CT molecular complexity index is 1770. The van der Waals surface area contributed by atoms with Crippen molar-refractivity contribution in [1.82, 2.24) is 14.9 Å². The fraction of sp³-hybridized carbons (Fsp3) is 0.256. The van der Waals surface area contributed by atoms with Crippen molar-refractivity contribution >= 4 is 29.2 Å². The molecule has 0 saturated carbocycles. The Labute approximate surface area is 281 Å². The van der Waals surface area contributed by atoms with Gasteiger partial charge < -0.3 is 24.8 Å². The highest BCUT2D eigenvalue weighted by Crippen LogP contribution is 2.31. The molecule has 1 unspecified atom stereocenters. The van der Waals surface area contributed by atoms with Crippen molar-refractivity contribution in [1.29, 1.82) is 0 Å². The molecule has 48 heavy (non-hydrogen) atoms. The van der Waals surface area contributed by atoms with Gasteiger partial charge in [0.2, 0.25) is 5.95 Å². The van der Waals surface area contributed by atoms with Crippen LogP contribution in [0.1, 0.15) is 30.4 Å². The molecule has 0 radical (unpaired) electrons. The summed E-state index contributed by atoms with van der Waals surface area (Å²) >= 11 is 0. The van der Waals surface area contributed by atoms with Crippen LogP contribution in [0, 0.1) is 13.8 Å². The molecule has 1 amide bonds. The molecule has 0 bridgehead atoms. The highest BCUT2D eigenvalue weighted by molar-refractivity contribution is 5.96. The molecule has 2 heterocycles. The predicted octanol–water partition coefficient (Wildman–Crippen LogP) is 8.07. The van der Waals surface area contributed by atoms with Gasteiger partial charge in [0.15, 0.2) is 0 Å². The number of β-amino-alcohol motifs (C(OH)–C–C–N with tert-alkyl or cyclic N) is 1.